The Kier molecular flexibility index (Phi) is 3.53. The molecule has 1 aliphatic carbocycles. The van der Waals surface area contributed by atoms with Gasteiger partial charge in [0.2, 0.25) is 0 Å². The fourth-order valence-electron chi connectivity index (χ4n) is 3.36. The first-order valence-electron chi connectivity index (χ1n) is 6.55. The Labute approximate surface area is 109 Å². The molecule has 2 rings (SSSR count). The monoisotopic (exact) mass is 249 g/mol. The van der Waals surface area contributed by atoms with Crippen LogP contribution in [0.1, 0.15) is 42.4 Å². The van der Waals surface area contributed by atoms with Crippen LogP contribution < -0.4 is 15.2 Å². The topological polar surface area (TPSA) is 44.5 Å². The Hall–Kier alpha value is -1.22. The van der Waals surface area contributed by atoms with E-state index in [1.165, 1.54) is 24.0 Å². The molecule has 3 nitrogen and oxygen atoms in total. The van der Waals surface area contributed by atoms with E-state index in [2.05, 4.69) is 13.8 Å². The summed E-state index contributed by atoms with van der Waals surface area (Å²) in [6.07, 6.45) is 4.54. The number of aryl methyl sites for hydroxylation is 1. The molecular weight excluding hydrogens is 226 g/mol. The first kappa shape index (κ1) is 13.2. The molecular formula is C15H23NO2. The highest BCUT2D eigenvalue weighted by molar-refractivity contribution is 5.56. The van der Waals surface area contributed by atoms with Gasteiger partial charge in [-0.05, 0) is 43.9 Å². The minimum atomic E-state index is -0.187. The lowest BCUT2D eigenvalue weighted by Crippen LogP contribution is -2.35. The van der Waals surface area contributed by atoms with Gasteiger partial charge in [-0.15, -0.1) is 0 Å². The number of hydrogen-bond acceptors (Lipinski definition) is 3. The number of benzene rings is 1. The molecule has 0 atom stereocenters. The van der Waals surface area contributed by atoms with Crippen LogP contribution in [0.5, 0.6) is 11.5 Å². The summed E-state index contributed by atoms with van der Waals surface area (Å²) in [6.45, 7) is 4.19. The summed E-state index contributed by atoms with van der Waals surface area (Å²) in [5.74, 6) is 1.60. The molecule has 100 valence electrons. The smallest absolute Gasteiger partial charge is 0.163 e. The second-order valence-electron chi connectivity index (χ2n) is 5.29. The van der Waals surface area contributed by atoms with Crippen molar-refractivity contribution < 1.29 is 9.47 Å². The van der Waals surface area contributed by atoms with Crippen molar-refractivity contribution in [2.24, 2.45) is 5.73 Å². The van der Waals surface area contributed by atoms with Crippen LogP contribution in [0.4, 0.5) is 0 Å². The molecule has 0 heterocycles. The summed E-state index contributed by atoms with van der Waals surface area (Å²) in [5, 5.41) is 0. The van der Waals surface area contributed by atoms with Crippen molar-refractivity contribution in [3.8, 4) is 11.5 Å². The second-order valence-corrected chi connectivity index (χ2v) is 5.29. The maximum atomic E-state index is 6.60. The zero-order valence-corrected chi connectivity index (χ0v) is 11.8. The summed E-state index contributed by atoms with van der Waals surface area (Å²) in [4.78, 5) is 0. The predicted octanol–water partition coefficient (Wildman–Crippen LogP) is 3.05. The molecule has 1 aliphatic rings. The average molecular weight is 249 g/mol. The van der Waals surface area contributed by atoms with E-state index in [-0.39, 0.29) is 5.54 Å². The van der Waals surface area contributed by atoms with Crippen molar-refractivity contribution in [1.29, 1.82) is 0 Å². The average Bonchev–Trinajstić information content (AvgIpc) is 2.76. The van der Waals surface area contributed by atoms with Crippen LogP contribution in [0.25, 0.3) is 0 Å². The van der Waals surface area contributed by atoms with Gasteiger partial charge in [0.15, 0.2) is 11.5 Å². The molecule has 0 spiro atoms. The fourth-order valence-corrected chi connectivity index (χ4v) is 3.36. The number of rotatable bonds is 3. The first-order valence-corrected chi connectivity index (χ1v) is 6.55. The lowest BCUT2D eigenvalue weighted by atomic mass is 9.82. The Balaban J connectivity index is 2.60. The minimum Gasteiger partial charge on any atom is -0.493 e. The summed E-state index contributed by atoms with van der Waals surface area (Å²) < 4.78 is 10.9. The van der Waals surface area contributed by atoms with Gasteiger partial charge in [-0.2, -0.15) is 0 Å². The first-order chi connectivity index (χ1) is 8.53. The van der Waals surface area contributed by atoms with E-state index in [1.807, 2.05) is 6.07 Å². The third-order valence-corrected chi connectivity index (χ3v) is 4.10. The Morgan fingerprint density at radius 2 is 1.72 bits per heavy atom. The highest BCUT2D eigenvalue weighted by atomic mass is 16.5. The van der Waals surface area contributed by atoms with Gasteiger partial charge in [0.1, 0.15) is 0 Å². The van der Waals surface area contributed by atoms with Crippen molar-refractivity contribution >= 4 is 0 Å². The lowest BCUT2D eigenvalue weighted by Gasteiger charge is -2.29. The number of nitrogens with two attached hydrogens (primary N) is 1. The summed E-state index contributed by atoms with van der Waals surface area (Å²) in [7, 11) is 3.35. The molecule has 0 aliphatic heterocycles. The molecule has 1 fully saturated rings. The molecule has 0 bridgehead atoms. The maximum Gasteiger partial charge on any atom is 0.163 e. The van der Waals surface area contributed by atoms with E-state index in [0.717, 1.165) is 29.9 Å². The van der Waals surface area contributed by atoms with Gasteiger partial charge in [0.05, 0.1) is 14.2 Å². The number of methoxy groups -OCH3 is 2. The van der Waals surface area contributed by atoms with E-state index in [1.54, 1.807) is 14.2 Å². The SMILES string of the molecule is COc1cc(C)c(C2(N)CCCC2)c(C)c1OC. The second kappa shape index (κ2) is 4.81. The van der Waals surface area contributed by atoms with Crippen LogP contribution in [-0.4, -0.2) is 14.2 Å². The van der Waals surface area contributed by atoms with Crippen molar-refractivity contribution in [2.45, 2.75) is 45.1 Å². The Bertz CT molecular complexity index is 448. The van der Waals surface area contributed by atoms with Gasteiger partial charge >= 0.3 is 0 Å². The van der Waals surface area contributed by atoms with E-state index in [4.69, 9.17) is 15.2 Å². The molecule has 0 radical (unpaired) electrons. The van der Waals surface area contributed by atoms with Gasteiger partial charge in [-0.1, -0.05) is 12.8 Å². The quantitative estimate of drug-likeness (QED) is 0.895. The molecule has 1 aromatic rings. The van der Waals surface area contributed by atoms with Gasteiger partial charge in [0.25, 0.3) is 0 Å². The molecule has 3 heteroatoms. The fraction of sp³-hybridized carbons (Fsp3) is 0.600. The number of ether oxygens (including phenoxy) is 2. The van der Waals surface area contributed by atoms with Crippen molar-refractivity contribution in [1.82, 2.24) is 0 Å². The molecule has 0 saturated heterocycles. The summed E-state index contributed by atoms with van der Waals surface area (Å²) >= 11 is 0. The molecule has 0 aromatic heterocycles. The van der Waals surface area contributed by atoms with Gasteiger partial charge < -0.3 is 15.2 Å². The Morgan fingerprint density at radius 1 is 1.11 bits per heavy atom. The molecule has 1 saturated carbocycles. The van der Waals surface area contributed by atoms with Crippen molar-refractivity contribution in [3.05, 3.63) is 22.8 Å². The molecule has 1 aromatic carbocycles. The normalized spacial score (nSPS) is 17.8. The van der Waals surface area contributed by atoms with E-state index in [9.17, 15) is 0 Å². The van der Waals surface area contributed by atoms with E-state index < -0.39 is 0 Å². The molecule has 2 N–H and O–H groups in total. The predicted molar refractivity (Wildman–Crippen MR) is 73.4 cm³/mol. The molecule has 0 amide bonds. The highest BCUT2D eigenvalue weighted by Crippen LogP contribution is 2.44. The van der Waals surface area contributed by atoms with Crippen molar-refractivity contribution in [3.63, 3.8) is 0 Å². The zero-order valence-electron chi connectivity index (χ0n) is 11.8. The van der Waals surface area contributed by atoms with E-state index in [0.29, 0.717) is 0 Å². The van der Waals surface area contributed by atoms with Gasteiger partial charge in [0, 0.05) is 11.1 Å². The third kappa shape index (κ3) is 1.97. The molecule has 0 unspecified atom stereocenters. The highest BCUT2D eigenvalue weighted by Gasteiger charge is 2.35. The van der Waals surface area contributed by atoms with Gasteiger partial charge in [-0.25, -0.2) is 0 Å². The number of hydrogen-bond donors (Lipinski definition) is 1. The van der Waals surface area contributed by atoms with Crippen LogP contribution in [0.15, 0.2) is 6.07 Å². The summed E-state index contributed by atoms with van der Waals surface area (Å²) in [5.41, 5.74) is 9.99. The minimum absolute atomic E-state index is 0.187. The zero-order chi connectivity index (χ0) is 13.3. The lowest BCUT2D eigenvalue weighted by molar-refractivity contribution is 0.349. The van der Waals surface area contributed by atoms with Crippen LogP contribution >= 0.6 is 0 Å². The van der Waals surface area contributed by atoms with Gasteiger partial charge in [-0.3, -0.25) is 0 Å². The third-order valence-electron chi connectivity index (χ3n) is 4.10. The Morgan fingerprint density at radius 3 is 2.22 bits per heavy atom. The van der Waals surface area contributed by atoms with Crippen LogP contribution in [0, 0.1) is 13.8 Å². The van der Waals surface area contributed by atoms with Crippen molar-refractivity contribution in [2.75, 3.05) is 14.2 Å². The largest absolute Gasteiger partial charge is 0.493 e. The van der Waals surface area contributed by atoms with E-state index >= 15 is 0 Å². The van der Waals surface area contributed by atoms with Crippen LogP contribution in [0.3, 0.4) is 0 Å². The molecule has 18 heavy (non-hydrogen) atoms. The van der Waals surface area contributed by atoms with Crippen LogP contribution in [0.2, 0.25) is 0 Å². The van der Waals surface area contributed by atoms with Crippen LogP contribution in [-0.2, 0) is 5.54 Å². The standard InChI is InChI=1S/C15H23NO2/c1-10-9-12(17-3)14(18-4)11(2)13(10)15(16)7-5-6-8-15/h9H,5-8,16H2,1-4H3. The summed E-state index contributed by atoms with van der Waals surface area (Å²) in [6, 6.07) is 2.04. The maximum absolute atomic E-state index is 6.60.